The van der Waals surface area contributed by atoms with Crippen LogP contribution in [-0.2, 0) is 11.2 Å². The number of carbonyl (C=O) groups is 1. The predicted octanol–water partition coefficient (Wildman–Crippen LogP) is 5.07. The quantitative estimate of drug-likeness (QED) is 0.317. The van der Waals surface area contributed by atoms with E-state index in [2.05, 4.69) is 18.7 Å². The van der Waals surface area contributed by atoms with Crippen molar-refractivity contribution in [3.8, 4) is 11.4 Å². The molecule has 1 atom stereocenters. The Labute approximate surface area is 228 Å². The lowest BCUT2D eigenvalue weighted by molar-refractivity contribution is -0.130. The molecule has 0 N–H and O–H groups in total. The first-order valence-electron chi connectivity index (χ1n) is 13.6. The molecule has 5 rings (SSSR count). The topological polar surface area (TPSA) is 76.4 Å². The van der Waals surface area contributed by atoms with E-state index in [1.807, 2.05) is 36.1 Å². The highest BCUT2D eigenvalue weighted by Gasteiger charge is 2.27. The van der Waals surface area contributed by atoms with Gasteiger partial charge < -0.3 is 14.5 Å². The Morgan fingerprint density at radius 3 is 2.36 bits per heavy atom. The summed E-state index contributed by atoms with van der Waals surface area (Å²) in [5.74, 6) is 2.42. The molecular formula is C30H35FN6O2. The molecule has 0 spiro atoms. The number of benzene rings is 2. The zero-order valence-electron chi connectivity index (χ0n) is 23.0. The van der Waals surface area contributed by atoms with Crippen molar-refractivity contribution in [2.45, 2.75) is 46.0 Å². The third kappa shape index (κ3) is 5.57. The molecule has 39 heavy (non-hydrogen) atoms. The second-order valence-electron chi connectivity index (χ2n) is 10.2. The van der Waals surface area contributed by atoms with Crippen molar-refractivity contribution in [2.75, 3.05) is 38.2 Å². The maximum Gasteiger partial charge on any atom is 0.227 e. The molecule has 8 nitrogen and oxygen atoms in total. The number of carbonyl (C=O) groups excluding carboxylic acids is 1. The average molecular weight is 531 g/mol. The van der Waals surface area contributed by atoms with Crippen LogP contribution in [0.1, 0.15) is 49.7 Å². The Bertz CT molecular complexity index is 1440. The monoisotopic (exact) mass is 530 g/mol. The largest absolute Gasteiger partial charge is 0.497 e. The molecule has 2 aromatic heterocycles. The summed E-state index contributed by atoms with van der Waals surface area (Å²) in [6.45, 7) is 8.84. The van der Waals surface area contributed by atoms with Crippen LogP contribution in [0.3, 0.4) is 0 Å². The molecule has 3 heterocycles. The van der Waals surface area contributed by atoms with Crippen molar-refractivity contribution in [2.24, 2.45) is 0 Å². The lowest BCUT2D eigenvalue weighted by atomic mass is 10.1. The fraction of sp³-hybridized carbons (Fsp3) is 0.400. The minimum Gasteiger partial charge on any atom is -0.497 e. The van der Waals surface area contributed by atoms with Gasteiger partial charge in [-0.2, -0.15) is 5.10 Å². The second-order valence-corrected chi connectivity index (χ2v) is 10.2. The Balaban J connectivity index is 1.42. The van der Waals surface area contributed by atoms with Crippen molar-refractivity contribution < 1.29 is 13.9 Å². The number of aryl methyl sites for hydroxylation is 1. The Morgan fingerprint density at radius 1 is 1.03 bits per heavy atom. The first-order valence-corrected chi connectivity index (χ1v) is 13.6. The molecule has 9 heteroatoms. The smallest absolute Gasteiger partial charge is 0.227 e. The number of hydrogen-bond donors (Lipinski definition) is 0. The Morgan fingerprint density at radius 2 is 1.72 bits per heavy atom. The number of hydrogen-bond acceptors (Lipinski definition) is 6. The summed E-state index contributed by atoms with van der Waals surface area (Å²) >= 11 is 0. The van der Waals surface area contributed by atoms with Crippen molar-refractivity contribution in [3.63, 3.8) is 0 Å². The van der Waals surface area contributed by atoms with E-state index in [0.717, 1.165) is 58.2 Å². The van der Waals surface area contributed by atoms with Crippen molar-refractivity contribution in [1.29, 1.82) is 0 Å². The number of anilines is 1. The highest BCUT2D eigenvalue weighted by molar-refractivity contribution is 5.91. The summed E-state index contributed by atoms with van der Waals surface area (Å²) in [4.78, 5) is 27.2. The van der Waals surface area contributed by atoms with Crippen molar-refractivity contribution in [3.05, 3.63) is 71.4 Å². The number of halogens is 1. The van der Waals surface area contributed by atoms with Gasteiger partial charge in [-0.15, -0.1) is 0 Å². The number of rotatable bonds is 8. The Kier molecular flexibility index (Phi) is 7.77. The van der Waals surface area contributed by atoms with Crippen LogP contribution >= 0.6 is 0 Å². The van der Waals surface area contributed by atoms with Gasteiger partial charge in [0.25, 0.3) is 0 Å². The third-order valence-corrected chi connectivity index (χ3v) is 7.38. The van der Waals surface area contributed by atoms with Crippen molar-refractivity contribution in [1.82, 2.24) is 24.6 Å². The molecule has 0 aliphatic carbocycles. The molecule has 0 saturated carbocycles. The fourth-order valence-corrected chi connectivity index (χ4v) is 5.15. The highest BCUT2D eigenvalue weighted by Crippen LogP contribution is 2.32. The highest BCUT2D eigenvalue weighted by atomic mass is 19.1. The summed E-state index contributed by atoms with van der Waals surface area (Å²) in [5.41, 5.74) is 3.26. The van der Waals surface area contributed by atoms with Gasteiger partial charge in [-0.05, 0) is 55.3 Å². The molecule has 0 unspecified atom stereocenters. The summed E-state index contributed by atoms with van der Waals surface area (Å²) in [6, 6.07) is 13.9. The summed E-state index contributed by atoms with van der Waals surface area (Å²) in [7, 11) is 1.63. The zero-order chi connectivity index (χ0) is 27.5. The number of aromatic nitrogens is 4. The van der Waals surface area contributed by atoms with Crippen LogP contribution in [0.25, 0.3) is 16.7 Å². The Hall–Kier alpha value is -4.01. The average Bonchev–Trinajstić information content (AvgIpc) is 3.29. The number of piperazine rings is 1. The lowest BCUT2D eigenvalue weighted by Crippen LogP contribution is -2.49. The van der Waals surface area contributed by atoms with Crippen LogP contribution in [0.5, 0.6) is 5.75 Å². The van der Waals surface area contributed by atoms with Gasteiger partial charge in [0.1, 0.15) is 23.2 Å². The van der Waals surface area contributed by atoms with Gasteiger partial charge in [0.2, 0.25) is 5.91 Å². The van der Waals surface area contributed by atoms with Crippen LogP contribution in [0, 0.1) is 12.7 Å². The van der Waals surface area contributed by atoms with E-state index >= 15 is 0 Å². The van der Waals surface area contributed by atoms with Gasteiger partial charge in [-0.1, -0.05) is 32.4 Å². The van der Waals surface area contributed by atoms with Gasteiger partial charge in [0.05, 0.1) is 30.3 Å². The normalized spacial score (nSPS) is 14.6. The first-order chi connectivity index (χ1) is 18.9. The second kappa shape index (κ2) is 11.4. The van der Waals surface area contributed by atoms with E-state index < -0.39 is 0 Å². The van der Waals surface area contributed by atoms with Crippen LogP contribution in [0.15, 0.2) is 48.5 Å². The molecule has 0 radical (unpaired) electrons. The molecular weight excluding hydrogens is 495 g/mol. The van der Waals surface area contributed by atoms with E-state index in [1.54, 1.807) is 23.9 Å². The summed E-state index contributed by atoms with van der Waals surface area (Å²) < 4.78 is 20.6. The fourth-order valence-electron chi connectivity index (χ4n) is 5.15. The van der Waals surface area contributed by atoms with Crippen LogP contribution in [0.2, 0.25) is 0 Å². The maximum absolute atomic E-state index is 13.6. The number of amides is 1. The first kappa shape index (κ1) is 26.6. The van der Waals surface area contributed by atoms with E-state index in [0.29, 0.717) is 32.6 Å². The molecule has 1 saturated heterocycles. The molecule has 4 aromatic rings. The van der Waals surface area contributed by atoms with Crippen LogP contribution in [-0.4, -0.2) is 63.8 Å². The SMILES string of the molecule is CCC[C@H](C)c1nc(N2CCN(C(=O)Cc3ccc(OC)cc3)CC2)c2c(C)nn(-c3ccc(F)cc3)c2n1. The van der Waals surface area contributed by atoms with E-state index in [1.165, 1.54) is 12.1 Å². The van der Waals surface area contributed by atoms with Crippen molar-refractivity contribution >= 4 is 22.8 Å². The number of ether oxygens (including phenoxy) is 1. The molecule has 204 valence electrons. The summed E-state index contributed by atoms with van der Waals surface area (Å²) in [6.07, 6.45) is 2.37. The molecule has 1 fully saturated rings. The summed E-state index contributed by atoms with van der Waals surface area (Å²) in [5, 5.41) is 5.68. The van der Waals surface area contributed by atoms with Crippen LogP contribution in [0.4, 0.5) is 10.2 Å². The van der Waals surface area contributed by atoms with Crippen LogP contribution < -0.4 is 9.64 Å². The molecule has 1 aliphatic rings. The van der Waals surface area contributed by atoms with Gasteiger partial charge in [0, 0.05) is 32.1 Å². The van der Waals surface area contributed by atoms with Gasteiger partial charge >= 0.3 is 0 Å². The standard InChI is InChI=1S/C30H35FN6O2/c1-5-6-20(2)28-32-29(27-21(3)34-37(30(27)33-28)24-11-9-23(31)10-12-24)36-17-15-35(16-18-36)26(38)19-22-7-13-25(39-4)14-8-22/h7-14,20H,5-6,15-19H2,1-4H3/t20-/m0/s1. The molecule has 1 amide bonds. The molecule has 1 aliphatic heterocycles. The van der Waals surface area contributed by atoms with Gasteiger partial charge in [0.15, 0.2) is 5.65 Å². The number of nitrogens with zero attached hydrogens (tertiary/aromatic N) is 6. The van der Waals surface area contributed by atoms with Gasteiger partial charge in [-0.25, -0.2) is 19.0 Å². The maximum atomic E-state index is 13.6. The van der Waals surface area contributed by atoms with E-state index in [9.17, 15) is 9.18 Å². The molecule has 0 bridgehead atoms. The minimum absolute atomic E-state index is 0.116. The van der Waals surface area contributed by atoms with E-state index in [4.69, 9.17) is 19.8 Å². The molecule has 2 aromatic carbocycles. The third-order valence-electron chi connectivity index (χ3n) is 7.38. The predicted molar refractivity (Wildman–Crippen MR) is 150 cm³/mol. The number of methoxy groups -OCH3 is 1. The van der Waals surface area contributed by atoms with Gasteiger partial charge in [-0.3, -0.25) is 4.79 Å². The number of fused-ring (bicyclic) bond motifs is 1. The lowest BCUT2D eigenvalue weighted by Gasteiger charge is -2.36. The van der Waals surface area contributed by atoms with E-state index in [-0.39, 0.29) is 17.6 Å². The minimum atomic E-state index is -0.293. The zero-order valence-corrected chi connectivity index (χ0v) is 23.0.